The van der Waals surface area contributed by atoms with Crippen molar-refractivity contribution in [2.24, 2.45) is 0 Å². The molecule has 23 rings (SSSR count). The van der Waals surface area contributed by atoms with Gasteiger partial charge in [0, 0.05) is 94.9 Å². The van der Waals surface area contributed by atoms with Crippen LogP contribution in [0.1, 0.15) is 72.3 Å². The average molecular weight is 1970 g/mol. The second-order valence-corrected chi connectivity index (χ2v) is 38.3. The molecule has 16 aromatic carbocycles. The summed E-state index contributed by atoms with van der Waals surface area (Å²) in [5.74, 6) is 3.39. The van der Waals surface area contributed by atoms with Crippen LogP contribution in [0.2, 0.25) is 0 Å². The number of benzene rings is 16. The minimum absolute atomic E-state index is 0.652. The Bertz CT molecular complexity index is 9010. The molecule has 0 bridgehead atoms. The van der Waals surface area contributed by atoms with E-state index in [4.69, 9.17) is 24.2 Å². The zero-order chi connectivity index (χ0) is 96.7. The van der Waals surface area contributed by atoms with Crippen LogP contribution >= 0.6 is 54.5 Å². The second-order valence-electron chi connectivity index (χ2n) is 34.6. The van der Waals surface area contributed by atoms with Gasteiger partial charge in [0.2, 0.25) is 0 Å². The molecule has 0 N–H and O–H groups in total. The van der Waals surface area contributed by atoms with Gasteiger partial charge in [0.25, 0.3) is 0 Å². The Kier molecular flexibility index (Phi) is 25.5. The lowest BCUT2D eigenvalue weighted by Gasteiger charge is -2.17. The van der Waals surface area contributed by atoms with E-state index < -0.39 is 0 Å². The monoisotopic (exact) mass is 1970 g/mol. The van der Waals surface area contributed by atoms with E-state index in [2.05, 4.69) is 338 Å². The van der Waals surface area contributed by atoms with E-state index in [0.29, 0.717) is 27.8 Å². The Morgan fingerprint density at radius 2 is 0.525 bits per heavy atom. The molecular weight excluding hydrogens is 1880 g/mol. The highest BCUT2D eigenvalue weighted by molar-refractivity contribution is 9.10. The van der Waals surface area contributed by atoms with Gasteiger partial charge in [-0.2, -0.15) is 26.3 Å². The number of nitriles is 5. The topological polar surface area (TPSA) is 181 Å². The summed E-state index contributed by atoms with van der Waals surface area (Å²) in [5, 5.41) is 62.9. The molecule has 674 valence electrons. The van der Waals surface area contributed by atoms with Crippen molar-refractivity contribution in [3.8, 4) is 114 Å². The van der Waals surface area contributed by atoms with Gasteiger partial charge in [0.05, 0.1) is 165 Å². The third kappa shape index (κ3) is 17.3. The molecule has 14 nitrogen and oxygen atoms in total. The molecular formula is C121H90Br2N10O4S2. The van der Waals surface area contributed by atoms with Gasteiger partial charge in [-0.1, -0.05) is 121 Å². The maximum absolute atomic E-state index is 9.57. The minimum Gasteiger partial charge on any atom is -0.497 e. The molecule has 0 unspecified atom stereocenters. The van der Waals surface area contributed by atoms with E-state index in [9.17, 15) is 21.0 Å². The third-order valence-electron chi connectivity index (χ3n) is 25.7. The highest BCUT2D eigenvalue weighted by Crippen LogP contribution is 2.47. The number of nitrogens with zero attached hydrogens (tertiary/aromatic N) is 10. The molecule has 0 aliphatic carbocycles. The lowest BCUT2D eigenvalue weighted by molar-refractivity contribution is 0.415. The molecule has 0 atom stereocenters. The van der Waals surface area contributed by atoms with Gasteiger partial charge in [-0.15, -0.1) is 22.7 Å². The molecule has 139 heavy (non-hydrogen) atoms. The standard InChI is InChI=1S/C26H20N2OS.C25H14Br2N2.C25H18N2OS.C23H20N2O.C22H18N2O/c1-16-6-8-23-20(11-16)21-14-19(29-3)7-9-24(21)28(23)26-17(2)12-18(15-27)13-22(26)25-5-4-10-30-25;26-18-7-10-24-21(13-18)22-14-19(27)8-11-25(22)29(24)23-9-6-16(15-28)12-20(23)17-4-2-1-3-5-17;1-16-5-8-22-19(12-16)20-14-18(28-2)7-10-23(20)27(22)24-9-6-17(15-26)13-21(24)25-4-3-11-29-25;1-14-5-7-21-19(9-14)20-12-18(26-4)6-8-22(20)25(21)23-15(2)10-17(13-24)11-16(23)3;1-14-4-7-21-18(10-14)19-12-17(25-3)6-9-22(19)24(21)20-8-5-16(13-23)11-15(20)2/h4-14H,1-3H3;1-14H;3-14H,1-2H3;5-12H,1-4H3;4-12H,1-3H3. The number of methoxy groups -OCH3 is 4. The highest BCUT2D eigenvalue weighted by atomic mass is 79.9. The molecule has 0 aliphatic rings. The predicted octanol–water partition coefficient (Wildman–Crippen LogP) is 32.4. The largest absolute Gasteiger partial charge is 0.497 e. The molecule has 0 fully saturated rings. The first-order valence-electron chi connectivity index (χ1n) is 45.2. The molecule has 7 heterocycles. The van der Waals surface area contributed by atoms with E-state index >= 15 is 0 Å². The van der Waals surface area contributed by atoms with Crippen molar-refractivity contribution in [3.05, 3.63) is 407 Å². The number of rotatable bonds is 12. The van der Waals surface area contributed by atoms with E-state index in [-0.39, 0.29) is 0 Å². The zero-order valence-electron chi connectivity index (χ0n) is 78.4. The normalized spacial score (nSPS) is 11.1. The SMILES string of the molecule is COc1ccc2c(c1)c1cc(C)ccc1n2-c1c(C)cc(C#N)cc1-c1cccs1.COc1ccc2c(c1)c1cc(C)ccc1n2-c1c(C)cc(C#N)cc1C.COc1ccc2c(c1)c1cc(C)ccc1n2-c1ccc(C#N)cc1-c1cccs1.COc1ccc2c(c1)c1cc(C)ccc1n2-c1ccc(C#N)cc1C.N#Cc1ccc(-n2c3ccc(Br)cc3c3cc(Br)ccc32)c(-c2ccccc2)c1. The van der Waals surface area contributed by atoms with E-state index in [0.717, 1.165) is 181 Å². The number of aromatic nitrogens is 5. The van der Waals surface area contributed by atoms with Crippen LogP contribution in [0.4, 0.5) is 0 Å². The number of fused-ring (bicyclic) bond motifs is 15. The summed E-state index contributed by atoms with van der Waals surface area (Å²) in [6.45, 7) is 16.7. The fraction of sp³-hybridized carbons (Fsp3) is 0.0992. The number of aryl methyl sites for hydroxylation is 8. The number of thiophene rings is 2. The third-order valence-corrected chi connectivity index (χ3v) is 28.4. The highest BCUT2D eigenvalue weighted by Gasteiger charge is 2.26. The summed E-state index contributed by atoms with van der Waals surface area (Å²) in [6.07, 6.45) is 0. The van der Waals surface area contributed by atoms with Gasteiger partial charge < -0.3 is 41.8 Å². The maximum Gasteiger partial charge on any atom is 0.119 e. The molecule has 18 heteroatoms. The fourth-order valence-electron chi connectivity index (χ4n) is 19.4. The van der Waals surface area contributed by atoms with Crippen molar-refractivity contribution in [3.63, 3.8) is 0 Å². The Labute approximate surface area is 830 Å². The van der Waals surface area contributed by atoms with Crippen LogP contribution in [-0.4, -0.2) is 51.3 Å². The molecule has 0 saturated heterocycles. The Hall–Kier alpha value is -16.5. The summed E-state index contributed by atoms with van der Waals surface area (Å²) in [7, 11) is 6.78. The number of hydrogen-bond donors (Lipinski definition) is 0. The molecule has 0 saturated carbocycles. The quantitative estimate of drug-likeness (QED) is 0.115. The van der Waals surface area contributed by atoms with E-state index in [1.807, 2.05) is 128 Å². The number of halogens is 2. The molecule has 0 aliphatic heterocycles. The number of ether oxygens (including phenoxy) is 4. The Morgan fingerprint density at radius 1 is 0.237 bits per heavy atom. The first-order valence-corrected chi connectivity index (χ1v) is 48.5. The van der Waals surface area contributed by atoms with Crippen molar-refractivity contribution in [1.82, 2.24) is 22.8 Å². The first-order chi connectivity index (χ1) is 67.6. The fourth-order valence-corrected chi connectivity index (χ4v) is 21.6. The van der Waals surface area contributed by atoms with Crippen molar-refractivity contribution >= 4 is 164 Å². The van der Waals surface area contributed by atoms with Gasteiger partial charge in [0.15, 0.2) is 0 Å². The Balaban J connectivity index is 0.000000111. The zero-order valence-corrected chi connectivity index (χ0v) is 83.2. The van der Waals surface area contributed by atoms with Crippen LogP contribution in [0, 0.1) is 112 Å². The van der Waals surface area contributed by atoms with Gasteiger partial charge in [0.1, 0.15) is 23.0 Å². The first kappa shape index (κ1) is 91.6. The lowest BCUT2D eigenvalue weighted by atomic mass is 10.0. The van der Waals surface area contributed by atoms with E-state index in [1.165, 1.54) is 65.3 Å². The van der Waals surface area contributed by atoms with Crippen LogP contribution in [0.15, 0.2) is 335 Å². The summed E-state index contributed by atoms with van der Waals surface area (Å²) in [5.41, 5.74) is 33.7. The van der Waals surface area contributed by atoms with Gasteiger partial charge in [-0.3, -0.25) is 0 Å². The van der Waals surface area contributed by atoms with Gasteiger partial charge in [-0.25, -0.2) is 0 Å². The average Bonchev–Trinajstić information content (AvgIpc) is 1.60. The van der Waals surface area contributed by atoms with Crippen LogP contribution in [0.3, 0.4) is 0 Å². The molecule has 0 amide bonds. The molecule has 23 aromatic rings. The summed E-state index contributed by atoms with van der Waals surface area (Å²) in [6, 6.07) is 119. The summed E-state index contributed by atoms with van der Waals surface area (Å²) >= 11 is 10.6. The van der Waals surface area contributed by atoms with Crippen LogP contribution in [0.5, 0.6) is 23.0 Å². The van der Waals surface area contributed by atoms with Crippen LogP contribution < -0.4 is 18.9 Å². The molecule has 0 spiro atoms. The molecule has 7 aromatic heterocycles. The van der Waals surface area contributed by atoms with Gasteiger partial charge >= 0.3 is 0 Å². The van der Waals surface area contributed by atoms with Crippen molar-refractivity contribution in [2.75, 3.05) is 28.4 Å². The second kappa shape index (κ2) is 38.7. The van der Waals surface area contributed by atoms with Crippen molar-refractivity contribution < 1.29 is 18.9 Å². The smallest absolute Gasteiger partial charge is 0.119 e. The van der Waals surface area contributed by atoms with E-state index in [1.54, 1.807) is 51.1 Å². The van der Waals surface area contributed by atoms with Crippen LogP contribution in [0.25, 0.3) is 169 Å². The van der Waals surface area contributed by atoms with Crippen LogP contribution in [-0.2, 0) is 0 Å². The predicted molar refractivity (Wildman–Crippen MR) is 579 cm³/mol. The van der Waals surface area contributed by atoms with Gasteiger partial charge in [-0.05, 0) is 343 Å². The lowest BCUT2D eigenvalue weighted by Crippen LogP contribution is -2.01. The van der Waals surface area contributed by atoms with Crippen molar-refractivity contribution in [2.45, 2.75) is 55.4 Å². The minimum atomic E-state index is 0.652. The maximum atomic E-state index is 9.57. The van der Waals surface area contributed by atoms with Crippen molar-refractivity contribution in [1.29, 1.82) is 26.3 Å². The number of hydrogen-bond acceptors (Lipinski definition) is 11. The summed E-state index contributed by atoms with van der Waals surface area (Å²) in [4.78, 5) is 2.30. The molecule has 0 radical (unpaired) electrons. The summed E-state index contributed by atoms with van der Waals surface area (Å²) < 4.78 is 35.4. The Morgan fingerprint density at radius 3 is 0.892 bits per heavy atom.